The van der Waals surface area contributed by atoms with Gasteiger partial charge in [0.25, 0.3) is 0 Å². The summed E-state index contributed by atoms with van der Waals surface area (Å²) in [4.78, 5) is 12.2. The number of nitrogens with zero attached hydrogens (tertiary/aromatic N) is 1. The Hall–Kier alpha value is -1.48. The van der Waals surface area contributed by atoms with E-state index in [0.29, 0.717) is 39.4 Å². The van der Waals surface area contributed by atoms with E-state index >= 15 is 0 Å². The number of hydrogen-bond acceptors (Lipinski definition) is 5. The van der Waals surface area contributed by atoms with Gasteiger partial charge in [-0.15, -0.1) is 0 Å². The van der Waals surface area contributed by atoms with Crippen molar-refractivity contribution in [2.24, 2.45) is 5.92 Å². The summed E-state index contributed by atoms with van der Waals surface area (Å²) in [7, 11) is -3.38. The van der Waals surface area contributed by atoms with Gasteiger partial charge in [0.05, 0.1) is 24.9 Å². The molecule has 1 aromatic rings. The standard InChI is InChI=1S/C17H25N3O4S/c21-17(15-5-6-18-11-15)19-12-14-3-1-2-4-16(14)13-25(22,23)20-7-9-24-10-8-20/h1-4,15,18H,5-13H2,(H,19,21). The molecule has 138 valence electrons. The first-order chi connectivity index (χ1) is 12.1. The Morgan fingerprint density at radius 3 is 2.64 bits per heavy atom. The lowest BCUT2D eigenvalue weighted by atomic mass is 10.1. The minimum Gasteiger partial charge on any atom is -0.379 e. The average molecular weight is 367 g/mol. The molecule has 2 aliphatic heterocycles. The zero-order chi connectivity index (χ0) is 17.7. The fourth-order valence-corrected chi connectivity index (χ4v) is 4.75. The first-order valence-electron chi connectivity index (χ1n) is 8.67. The van der Waals surface area contributed by atoms with E-state index < -0.39 is 10.0 Å². The molecule has 2 aliphatic rings. The molecule has 0 bridgehead atoms. The lowest BCUT2D eigenvalue weighted by Gasteiger charge is -2.26. The Balaban J connectivity index is 1.64. The van der Waals surface area contributed by atoms with Gasteiger partial charge in [0.15, 0.2) is 0 Å². The molecule has 0 saturated carbocycles. The van der Waals surface area contributed by atoms with Crippen LogP contribution in [0.4, 0.5) is 0 Å². The highest BCUT2D eigenvalue weighted by atomic mass is 32.2. The monoisotopic (exact) mass is 367 g/mol. The van der Waals surface area contributed by atoms with Crippen molar-refractivity contribution in [3.05, 3.63) is 35.4 Å². The number of carbonyl (C=O) groups excluding carboxylic acids is 1. The summed E-state index contributed by atoms with van der Waals surface area (Å²) in [5, 5.41) is 6.11. The molecule has 8 heteroatoms. The van der Waals surface area contributed by atoms with Crippen LogP contribution < -0.4 is 10.6 Å². The van der Waals surface area contributed by atoms with Crippen LogP contribution in [0.3, 0.4) is 0 Å². The zero-order valence-electron chi connectivity index (χ0n) is 14.2. The van der Waals surface area contributed by atoms with Gasteiger partial charge in [0.2, 0.25) is 15.9 Å². The largest absolute Gasteiger partial charge is 0.379 e. The Kier molecular flexibility index (Phi) is 6.06. The van der Waals surface area contributed by atoms with Crippen LogP contribution in [-0.4, -0.2) is 58.0 Å². The molecule has 2 N–H and O–H groups in total. The van der Waals surface area contributed by atoms with E-state index in [4.69, 9.17) is 4.74 Å². The molecular formula is C17H25N3O4S. The van der Waals surface area contributed by atoms with Crippen LogP contribution in [-0.2, 0) is 31.9 Å². The predicted molar refractivity (Wildman–Crippen MR) is 94.3 cm³/mol. The fourth-order valence-electron chi connectivity index (χ4n) is 3.19. The van der Waals surface area contributed by atoms with Gasteiger partial charge in [-0.05, 0) is 24.1 Å². The second-order valence-electron chi connectivity index (χ2n) is 6.44. The van der Waals surface area contributed by atoms with E-state index in [1.165, 1.54) is 4.31 Å². The molecule has 2 saturated heterocycles. The summed E-state index contributed by atoms with van der Waals surface area (Å²) in [6, 6.07) is 7.38. The summed E-state index contributed by atoms with van der Waals surface area (Å²) in [6.07, 6.45) is 0.846. The molecular weight excluding hydrogens is 342 g/mol. The topological polar surface area (TPSA) is 87.7 Å². The lowest BCUT2D eigenvalue weighted by Crippen LogP contribution is -2.41. The van der Waals surface area contributed by atoms with Crippen molar-refractivity contribution in [1.29, 1.82) is 0 Å². The third-order valence-electron chi connectivity index (χ3n) is 4.70. The summed E-state index contributed by atoms with van der Waals surface area (Å²) >= 11 is 0. The minimum atomic E-state index is -3.38. The highest BCUT2D eigenvalue weighted by molar-refractivity contribution is 7.88. The zero-order valence-corrected chi connectivity index (χ0v) is 15.1. The summed E-state index contributed by atoms with van der Waals surface area (Å²) < 4.78 is 32.0. The molecule has 25 heavy (non-hydrogen) atoms. The van der Waals surface area contributed by atoms with Crippen LogP contribution in [0.15, 0.2) is 24.3 Å². The molecule has 1 aromatic carbocycles. The number of benzene rings is 1. The van der Waals surface area contributed by atoms with Gasteiger partial charge in [-0.25, -0.2) is 8.42 Å². The second kappa shape index (κ2) is 8.27. The van der Waals surface area contributed by atoms with Crippen molar-refractivity contribution in [3.63, 3.8) is 0 Å². The Morgan fingerprint density at radius 2 is 1.96 bits per heavy atom. The van der Waals surface area contributed by atoms with E-state index in [2.05, 4.69) is 10.6 Å². The van der Waals surface area contributed by atoms with Gasteiger partial charge in [-0.1, -0.05) is 24.3 Å². The smallest absolute Gasteiger partial charge is 0.224 e. The molecule has 0 aliphatic carbocycles. The molecule has 0 spiro atoms. The Labute approximate surface area is 148 Å². The van der Waals surface area contributed by atoms with Crippen molar-refractivity contribution in [1.82, 2.24) is 14.9 Å². The maximum Gasteiger partial charge on any atom is 0.224 e. The molecule has 0 radical (unpaired) electrons. The third-order valence-corrected chi connectivity index (χ3v) is 6.53. The second-order valence-corrected chi connectivity index (χ2v) is 8.41. The predicted octanol–water partition coefficient (Wildman–Crippen LogP) is 0.0743. The number of carbonyl (C=O) groups is 1. The van der Waals surface area contributed by atoms with E-state index in [9.17, 15) is 13.2 Å². The van der Waals surface area contributed by atoms with Crippen LogP contribution in [0, 0.1) is 5.92 Å². The van der Waals surface area contributed by atoms with E-state index in [1.807, 2.05) is 24.3 Å². The summed E-state index contributed by atoms with van der Waals surface area (Å²) in [5.41, 5.74) is 1.58. The number of rotatable bonds is 6. The van der Waals surface area contributed by atoms with Gasteiger partial charge in [-0.3, -0.25) is 4.79 Å². The molecule has 1 amide bonds. The molecule has 3 rings (SSSR count). The van der Waals surface area contributed by atoms with Gasteiger partial charge in [0.1, 0.15) is 0 Å². The SMILES string of the molecule is O=C(NCc1ccccc1CS(=O)(=O)N1CCOCC1)C1CCNC1. The van der Waals surface area contributed by atoms with Gasteiger partial charge < -0.3 is 15.4 Å². The van der Waals surface area contributed by atoms with Gasteiger partial charge in [-0.2, -0.15) is 4.31 Å². The first kappa shape index (κ1) is 18.3. The van der Waals surface area contributed by atoms with Crippen LogP contribution >= 0.6 is 0 Å². The molecule has 2 heterocycles. The Morgan fingerprint density at radius 1 is 1.24 bits per heavy atom. The summed E-state index contributed by atoms with van der Waals surface area (Å²) in [6.45, 7) is 3.60. The van der Waals surface area contributed by atoms with E-state index in [1.54, 1.807) is 0 Å². The number of morpholine rings is 1. The number of nitrogens with one attached hydrogen (secondary N) is 2. The van der Waals surface area contributed by atoms with E-state index in [0.717, 1.165) is 24.1 Å². The molecule has 2 fully saturated rings. The number of hydrogen-bond donors (Lipinski definition) is 2. The van der Waals surface area contributed by atoms with Crippen LogP contribution in [0.25, 0.3) is 0 Å². The summed E-state index contributed by atoms with van der Waals surface area (Å²) in [5.74, 6) is -0.0237. The highest BCUT2D eigenvalue weighted by Gasteiger charge is 2.26. The Bertz CT molecular complexity index is 696. The third kappa shape index (κ3) is 4.78. The van der Waals surface area contributed by atoms with Crippen molar-refractivity contribution >= 4 is 15.9 Å². The molecule has 7 nitrogen and oxygen atoms in total. The van der Waals surface area contributed by atoms with Crippen molar-refractivity contribution < 1.29 is 17.9 Å². The number of ether oxygens (including phenoxy) is 1. The average Bonchev–Trinajstić information content (AvgIpc) is 3.16. The minimum absolute atomic E-state index is 0.00393. The normalized spacial score (nSPS) is 22.0. The number of sulfonamides is 1. The van der Waals surface area contributed by atoms with Crippen molar-refractivity contribution in [2.75, 3.05) is 39.4 Å². The van der Waals surface area contributed by atoms with Crippen LogP contribution in [0.1, 0.15) is 17.5 Å². The number of amides is 1. The fraction of sp³-hybridized carbons (Fsp3) is 0.588. The van der Waals surface area contributed by atoms with Crippen molar-refractivity contribution in [3.8, 4) is 0 Å². The van der Waals surface area contributed by atoms with Crippen LogP contribution in [0.5, 0.6) is 0 Å². The molecule has 0 aromatic heterocycles. The maximum absolute atomic E-state index is 12.6. The quantitative estimate of drug-likeness (QED) is 0.743. The first-order valence-corrected chi connectivity index (χ1v) is 10.3. The van der Waals surface area contributed by atoms with Gasteiger partial charge >= 0.3 is 0 Å². The highest BCUT2D eigenvalue weighted by Crippen LogP contribution is 2.17. The van der Waals surface area contributed by atoms with Gasteiger partial charge in [0, 0.05) is 26.2 Å². The van der Waals surface area contributed by atoms with Crippen LogP contribution in [0.2, 0.25) is 0 Å². The molecule has 1 atom stereocenters. The van der Waals surface area contributed by atoms with E-state index in [-0.39, 0.29) is 17.6 Å². The molecule has 1 unspecified atom stereocenters. The van der Waals surface area contributed by atoms with Crippen molar-refractivity contribution in [2.45, 2.75) is 18.7 Å². The maximum atomic E-state index is 12.6. The lowest BCUT2D eigenvalue weighted by molar-refractivity contribution is -0.124.